The summed E-state index contributed by atoms with van der Waals surface area (Å²) >= 11 is 0. The lowest BCUT2D eigenvalue weighted by Gasteiger charge is -2.29. The molecule has 0 aliphatic carbocycles. The van der Waals surface area contributed by atoms with Crippen LogP contribution < -0.4 is 15.6 Å². The number of hydrogen-bond acceptors (Lipinski definition) is 4. The molecule has 1 aromatic heterocycles. The Bertz CT molecular complexity index is 1030. The Labute approximate surface area is 145 Å². The first-order valence-electron chi connectivity index (χ1n) is 8.26. The quantitative estimate of drug-likeness (QED) is 0.553. The number of nitrogens with zero attached hydrogens (tertiary/aromatic N) is 3. The zero-order valence-electron chi connectivity index (χ0n) is 13.5. The zero-order valence-corrected chi connectivity index (χ0v) is 13.5. The molecule has 25 heavy (non-hydrogen) atoms. The highest BCUT2D eigenvalue weighted by molar-refractivity contribution is 6.04. The molecule has 4 aromatic rings. The number of aromatic nitrogens is 1. The summed E-state index contributed by atoms with van der Waals surface area (Å²) in [5.41, 5.74) is 6.79. The van der Waals surface area contributed by atoms with Gasteiger partial charge in [-0.1, -0.05) is 54.6 Å². The smallest absolute Gasteiger partial charge is 0.153 e. The predicted octanol–water partition coefficient (Wildman–Crippen LogP) is 5.14. The van der Waals surface area contributed by atoms with E-state index in [9.17, 15) is 0 Å². The van der Waals surface area contributed by atoms with Crippen molar-refractivity contribution in [3.8, 4) is 0 Å². The maximum absolute atomic E-state index is 4.56. The number of pyridine rings is 1. The third kappa shape index (κ3) is 2.19. The highest BCUT2D eigenvalue weighted by atomic mass is 15.8. The molecule has 4 nitrogen and oxygen atoms in total. The van der Waals surface area contributed by atoms with E-state index >= 15 is 0 Å². The van der Waals surface area contributed by atoms with Gasteiger partial charge in [0.15, 0.2) is 5.82 Å². The summed E-state index contributed by atoms with van der Waals surface area (Å²) in [6.07, 6.45) is 1.82. The van der Waals surface area contributed by atoms with Gasteiger partial charge in [-0.25, -0.2) is 9.99 Å². The molecule has 3 aromatic carbocycles. The summed E-state index contributed by atoms with van der Waals surface area (Å²) in [5, 5.41) is 6.56. The molecule has 0 radical (unpaired) electrons. The lowest BCUT2D eigenvalue weighted by molar-refractivity contribution is 0.944. The Hall–Kier alpha value is -3.53. The molecule has 0 saturated carbocycles. The highest BCUT2D eigenvalue weighted by Gasteiger charge is 2.30. The molecule has 1 aliphatic rings. The van der Waals surface area contributed by atoms with Crippen LogP contribution in [0.4, 0.5) is 22.9 Å². The van der Waals surface area contributed by atoms with Gasteiger partial charge < -0.3 is 0 Å². The Morgan fingerprint density at radius 3 is 2.36 bits per heavy atom. The van der Waals surface area contributed by atoms with E-state index in [0.29, 0.717) is 0 Å². The van der Waals surface area contributed by atoms with Crippen LogP contribution in [0.15, 0.2) is 91.1 Å². The van der Waals surface area contributed by atoms with Gasteiger partial charge in [0.1, 0.15) is 0 Å². The van der Waals surface area contributed by atoms with Crippen molar-refractivity contribution in [2.45, 2.75) is 0 Å². The standard InChI is InChI=1S/C21H16N4/c1-2-9-17(10-3-1)25-23-21-18-11-5-4-8-16(18)13-14-19(21)24(25)20-12-6-7-15-22-20/h1-15,23H. The molecule has 0 saturated heterocycles. The van der Waals surface area contributed by atoms with E-state index in [1.165, 1.54) is 10.8 Å². The number of benzene rings is 3. The second-order valence-electron chi connectivity index (χ2n) is 5.94. The average Bonchev–Trinajstić information content (AvgIpc) is 3.09. The fraction of sp³-hybridized carbons (Fsp3) is 0. The number of hydrazine groups is 2. The van der Waals surface area contributed by atoms with Crippen LogP contribution in [-0.2, 0) is 0 Å². The summed E-state index contributed by atoms with van der Waals surface area (Å²) in [5.74, 6) is 0.868. The summed E-state index contributed by atoms with van der Waals surface area (Å²) < 4.78 is 0. The number of para-hydroxylation sites is 1. The zero-order chi connectivity index (χ0) is 16.6. The van der Waals surface area contributed by atoms with Crippen LogP contribution in [0.5, 0.6) is 0 Å². The third-order valence-electron chi connectivity index (χ3n) is 4.42. The van der Waals surface area contributed by atoms with Crippen molar-refractivity contribution in [1.82, 2.24) is 4.98 Å². The van der Waals surface area contributed by atoms with Crippen molar-refractivity contribution in [3.63, 3.8) is 0 Å². The molecule has 0 spiro atoms. The molecule has 2 heterocycles. The minimum atomic E-state index is 0.868. The van der Waals surface area contributed by atoms with E-state index in [0.717, 1.165) is 22.9 Å². The maximum Gasteiger partial charge on any atom is 0.153 e. The second-order valence-corrected chi connectivity index (χ2v) is 5.94. The van der Waals surface area contributed by atoms with E-state index < -0.39 is 0 Å². The Morgan fingerprint density at radius 2 is 1.52 bits per heavy atom. The summed E-state index contributed by atoms with van der Waals surface area (Å²) in [4.78, 5) is 4.56. The van der Waals surface area contributed by atoms with Gasteiger partial charge in [-0.3, -0.25) is 5.43 Å². The molecule has 0 amide bonds. The number of hydrogen-bond donors (Lipinski definition) is 1. The van der Waals surface area contributed by atoms with Crippen LogP contribution in [0, 0.1) is 0 Å². The largest absolute Gasteiger partial charge is 0.276 e. The van der Waals surface area contributed by atoms with Gasteiger partial charge in [0.25, 0.3) is 0 Å². The highest BCUT2D eigenvalue weighted by Crippen LogP contribution is 2.44. The van der Waals surface area contributed by atoms with Crippen LogP contribution in [0.1, 0.15) is 0 Å². The number of fused-ring (bicyclic) bond motifs is 3. The van der Waals surface area contributed by atoms with Crippen molar-refractivity contribution >= 4 is 33.7 Å². The van der Waals surface area contributed by atoms with Crippen LogP contribution in [0.3, 0.4) is 0 Å². The molecule has 120 valence electrons. The summed E-state index contributed by atoms with van der Waals surface area (Å²) in [6.45, 7) is 0. The second kappa shape index (κ2) is 5.53. The maximum atomic E-state index is 4.56. The molecular weight excluding hydrogens is 308 g/mol. The van der Waals surface area contributed by atoms with Crippen molar-refractivity contribution in [1.29, 1.82) is 0 Å². The van der Waals surface area contributed by atoms with Gasteiger partial charge in [-0.2, -0.15) is 5.12 Å². The first-order valence-corrected chi connectivity index (χ1v) is 8.26. The van der Waals surface area contributed by atoms with Crippen molar-refractivity contribution < 1.29 is 0 Å². The summed E-state index contributed by atoms with van der Waals surface area (Å²) in [6, 6.07) is 28.9. The first-order chi connectivity index (χ1) is 12.4. The van der Waals surface area contributed by atoms with E-state index in [1.807, 2.05) is 47.7 Å². The minimum absolute atomic E-state index is 0.868. The van der Waals surface area contributed by atoms with Gasteiger partial charge in [0.2, 0.25) is 0 Å². The van der Waals surface area contributed by atoms with E-state index in [4.69, 9.17) is 0 Å². The van der Waals surface area contributed by atoms with Crippen molar-refractivity contribution in [3.05, 3.63) is 91.1 Å². The first kappa shape index (κ1) is 13.9. The van der Waals surface area contributed by atoms with Gasteiger partial charge in [-0.15, -0.1) is 0 Å². The van der Waals surface area contributed by atoms with Gasteiger partial charge >= 0.3 is 0 Å². The normalized spacial score (nSPS) is 13.0. The number of nitrogens with one attached hydrogen (secondary N) is 1. The number of rotatable bonds is 2. The molecule has 0 fully saturated rings. The monoisotopic (exact) mass is 324 g/mol. The Balaban J connectivity index is 1.74. The molecular formula is C21H16N4. The molecule has 4 heteroatoms. The molecule has 5 rings (SSSR count). The minimum Gasteiger partial charge on any atom is -0.276 e. The van der Waals surface area contributed by atoms with E-state index in [-0.39, 0.29) is 0 Å². The SMILES string of the molecule is c1ccc(N2Nc3c(ccc4ccccc34)N2c2ccccn2)cc1. The van der Waals surface area contributed by atoms with E-state index in [1.54, 1.807) is 0 Å². The molecule has 0 atom stereocenters. The number of anilines is 4. The lowest BCUT2D eigenvalue weighted by atomic mass is 10.1. The lowest BCUT2D eigenvalue weighted by Crippen LogP contribution is -2.38. The van der Waals surface area contributed by atoms with Crippen LogP contribution >= 0.6 is 0 Å². The average molecular weight is 324 g/mol. The molecule has 0 bridgehead atoms. The summed E-state index contributed by atoms with van der Waals surface area (Å²) in [7, 11) is 0. The van der Waals surface area contributed by atoms with Gasteiger partial charge in [0, 0.05) is 11.6 Å². The third-order valence-corrected chi connectivity index (χ3v) is 4.42. The van der Waals surface area contributed by atoms with Crippen LogP contribution in [0.2, 0.25) is 0 Å². The fourth-order valence-corrected chi connectivity index (χ4v) is 3.27. The molecule has 0 unspecified atom stereocenters. The Morgan fingerprint density at radius 1 is 0.720 bits per heavy atom. The fourth-order valence-electron chi connectivity index (χ4n) is 3.27. The van der Waals surface area contributed by atoms with E-state index in [2.05, 4.69) is 63.9 Å². The van der Waals surface area contributed by atoms with Crippen molar-refractivity contribution in [2.75, 3.05) is 15.6 Å². The van der Waals surface area contributed by atoms with Crippen LogP contribution in [-0.4, -0.2) is 4.98 Å². The topological polar surface area (TPSA) is 31.4 Å². The van der Waals surface area contributed by atoms with Crippen molar-refractivity contribution in [2.24, 2.45) is 0 Å². The van der Waals surface area contributed by atoms with Crippen LogP contribution in [0.25, 0.3) is 10.8 Å². The predicted molar refractivity (Wildman–Crippen MR) is 103 cm³/mol. The molecule has 1 aliphatic heterocycles. The molecule has 1 N–H and O–H groups in total. The van der Waals surface area contributed by atoms with Gasteiger partial charge in [-0.05, 0) is 35.7 Å². The van der Waals surface area contributed by atoms with Gasteiger partial charge in [0.05, 0.1) is 17.1 Å². The Kier molecular flexibility index (Phi) is 3.07.